The lowest BCUT2D eigenvalue weighted by molar-refractivity contribution is -0.0194. The van der Waals surface area contributed by atoms with Crippen LogP contribution in [0.1, 0.15) is 61.8 Å². The summed E-state index contributed by atoms with van der Waals surface area (Å²) in [6.07, 6.45) is 6.85. The van der Waals surface area contributed by atoms with E-state index in [1.807, 2.05) is 6.20 Å². The van der Waals surface area contributed by atoms with Gasteiger partial charge in [0.25, 0.3) is 0 Å². The molecule has 0 spiro atoms. The number of nitrogens with two attached hydrogens (primary N) is 1. The largest absolute Gasteiger partial charge is 0.384 e. The SMILES string of the molecule is CC(C)c1ncc(C2(O)CCC(N3CC[C@@H](N)C3)CC2)s1.Cl.Cl.Cl. The Morgan fingerprint density at radius 3 is 2.33 bits per heavy atom. The third kappa shape index (κ3) is 5.19. The molecule has 4 nitrogen and oxygen atoms in total. The Kier molecular flexibility index (Phi) is 10.1. The number of hydrogen-bond donors (Lipinski definition) is 2. The molecule has 0 amide bonds. The van der Waals surface area contributed by atoms with E-state index in [0.717, 1.165) is 55.1 Å². The van der Waals surface area contributed by atoms with Gasteiger partial charge in [-0.2, -0.15) is 0 Å². The molecule has 0 unspecified atom stereocenters. The second kappa shape index (κ2) is 9.91. The van der Waals surface area contributed by atoms with E-state index in [-0.39, 0.29) is 37.2 Å². The molecular formula is C16H30Cl3N3OS. The predicted molar refractivity (Wildman–Crippen MR) is 108 cm³/mol. The van der Waals surface area contributed by atoms with Crippen LogP contribution >= 0.6 is 48.6 Å². The van der Waals surface area contributed by atoms with Crippen LogP contribution in [-0.4, -0.2) is 40.2 Å². The van der Waals surface area contributed by atoms with Gasteiger partial charge in [-0.15, -0.1) is 48.6 Å². The zero-order chi connectivity index (χ0) is 15.0. The van der Waals surface area contributed by atoms with Crippen molar-refractivity contribution in [3.63, 3.8) is 0 Å². The zero-order valence-electron chi connectivity index (χ0n) is 14.3. The molecule has 2 fully saturated rings. The summed E-state index contributed by atoms with van der Waals surface area (Å²) in [5, 5.41) is 12.1. The van der Waals surface area contributed by atoms with Crippen LogP contribution in [0.2, 0.25) is 0 Å². The summed E-state index contributed by atoms with van der Waals surface area (Å²) in [6, 6.07) is 0.956. The van der Waals surface area contributed by atoms with E-state index >= 15 is 0 Å². The minimum Gasteiger partial charge on any atom is -0.384 e. The molecule has 2 heterocycles. The summed E-state index contributed by atoms with van der Waals surface area (Å²) in [4.78, 5) is 8.06. The van der Waals surface area contributed by atoms with Crippen LogP contribution in [0.15, 0.2) is 6.20 Å². The first-order valence-corrected chi connectivity index (χ1v) is 8.98. The summed E-state index contributed by atoms with van der Waals surface area (Å²) in [7, 11) is 0. The quantitative estimate of drug-likeness (QED) is 0.785. The second-order valence-corrected chi connectivity index (χ2v) is 8.09. The van der Waals surface area contributed by atoms with Gasteiger partial charge >= 0.3 is 0 Å². The lowest BCUT2D eigenvalue weighted by Gasteiger charge is -2.39. The Bertz CT molecular complexity index is 493. The first-order chi connectivity index (χ1) is 9.98. The van der Waals surface area contributed by atoms with E-state index in [2.05, 4.69) is 23.7 Å². The minimum atomic E-state index is -0.650. The standard InChI is InChI=1S/C16H27N3OS.3ClH/c1-11(2)15-18-9-14(21-15)16(20)6-3-13(4-7-16)19-8-5-12(17)10-19;;;/h9,11-13,20H,3-8,10,17H2,1-2H3;3*1H/t12-,13?,16?;;;/m1.../s1. The highest BCUT2D eigenvalue weighted by Crippen LogP contribution is 2.42. The smallest absolute Gasteiger partial charge is 0.100 e. The normalized spacial score (nSPS) is 30.4. The predicted octanol–water partition coefficient (Wildman–Crippen LogP) is 3.70. The summed E-state index contributed by atoms with van der Waals surface area (Å²) in [6.45, 7) is 6.46. The fourth-order valence-corrected chi connectivity index (χ4v) is 4.67. The van der Waals surface area contributed by atoms with Gasteiger partial charge in [-0.25, -0.2) is 4.98 Å². The van der Waals surface area contributed by atoms with Gasteiger partial charge in [0.2, 0.25) is 0 Å². The maximum absolute atomic E-state index is 11.0. The van der Waals surface area contributed by atoms with E-state index in [1.165, 1.54) is 0 Å². The van der Waals surface area contributed by atoms with Crippen LogP contribution in [-0.2, 0) is 5.60 Å². The van der Waals surface area contributed by atoms with Gasteiger partial charge in [0.1, 0.15) is 5.60 Å². The number of rotatable bonds is 3. The molecule has 1 aliphatic carbocycles. The van der Waals surface area contributed by atoms with Crippen molar-refractivity contribution in [2.75, 3.05) is 13.1 Å². The third-order valence-electron chi connectivity index (χ3n) is 5.03. The maximum atomic E-state index is 11.0. The molecule has 1 saturated heterocycles. The van der Waals surface area contributed by atoms with Crippen LogP contribution in [0.25, 0.3) is 0 Å². The Morgan fingerprint density at radius 1 is 1.25 bits per heavy atom. The molecule has 0 bridgehead atoms. The summed E-state index contributed by atoms with van der Waals surface area (Å²) < 4.78 is 0. The molecule has 24 heavy (non-hydrogen) atoms. The highest BCUT2D eigenvalue weighted by atomic mass is 35.5. The van der Waals surface area contributed by atoms with Crippen LogP contribution in [0, 0.1) is 0 Å². The molecule has 0 radical (unpaired) electrons. The molecule has 1 atom stereocenters. The van der Waals surface area contributed by atoms with Crippen LogP contribution in [0.3, 0.4) is 0 Å². The van der Waals surface area contributed by atoms with Crippen molar-refractivity contribution in [3.8, 4) is 0 Å². The van der Waals surface area contributed by atoms with Gasteiger partial charge in [0, 0.05) is 37.3 Å². The number of nitrogens with zero attached hydrogens (tertiary/aromatic N) is 2. The summed E-state index contributed by atoms with van der Waals surface area (Å²) in [5.41, 5.74) is 5.36. The van der Waals surface area contributed by atoms with Gasteiger partial charge in [-0.1, -0.05) is 13.8 Å². The average molecular weight is 419 g/mol. The molecular weight excluding hydrogens is 389 g/mol. The van der Waals surface area contributed by atoms with E-state index < -0.39 is 5.60 Å². The number of thiazole rings is 1. The molecule has 1 saturated carbocycles. The van der Waals surface area contributed by atoms with Crippen molar-refractivity contribution >= 4 is 48.6 Å². The topological polar surface area (TPSA) is 62.4 Å². The lowest BCUT2D eigenvalue weighted by Crippen LogP contribution is -2.42. The zero-order valence-corrected chi connectivity index (χ0v) is 17.6. The van der Waals surface area contributed by atoms with Crippen LogP contribution < -0.4 is 5.73 Å². The van der Waals surface area contributed by atoms with Crippen molar-refractivity contribution in [1.29, 1.82) is 0 Å². The fourth-order valence-electron chi connectivity index (χ4n) is 3.61. The molecule has 3 rings (SSSR count). The second-order valence-electron chi connectivity index (χ2n) is 7.02. The van der Waals surface area contributed by atoms with Crippen molar-refractivity contribution < 1.29 is 5.11 Å². The molecule has 142 valence electrons. The Hall–Kier alpha value is 0.380. The first-order valence-electron chi connectivity index (χ1n) is 8.16. The highest BCUT2D eigenvalue weighted by Gasteiger charge is 2.39. The Morgan fingerprint density at radius 2 is 1.88 bits per heavy atom. The lowest BCUT2D eigenvalue weighted by atomic mass is 9.81. The van der Waals surface area contributed by atoms with Crippen molar-refractivity contribution in [2.45, 2.75) is 69.6 Å². The number of hydrogen-bond acceptors (Lipinski definition) is 5. The first kappa shape index (κ1) is 24.4. The Balaban J connectivity index is 0.00000176. The minimum absolute atomic E-state index is 0. The summed E-state index contributed by atoms with van der Waals surface area (Å²) in [5.74, 6) is 0.440. The van der Waals surface area contributed by atoms with Gasteiger partial charge < -0.3 is 10.8 Å². The fraction of sp³-hybridized carbons (Fsp3) is 0.812. The number of aliphatic hydroxyl groups is 1. The van der Waals surface area contributed by atoms with Crippen LogP contribution in [0.5, 0.6) is 0 Å². The van der Waals surface area contributed by atoms with Gasteiger partial charge in [-0.3, -0.25) is 4.90 Å². The monoisotopic (exact) mass is 417 g/mol. The highest BCUT2D eigenvalue weighted by molar-refractivity contribution is 7.11. The van der Waals surface area contributed by atoms with Crippen LogP contribution in [0.4, 0.5) is 0 Å². The molecule has 2 aliphatic rings. The van der Waals surface area contributed by atoms with Gasteiger partial charge in [0.05, 0.1) is 9.88 Å². The number of halogens is 3. The van der Waals surface area contributed by atoms with E-state index in [1.54, 1.807) is 11.3 Å². The number of likely N-dealkylation sites (tertiary alicyclic amines) is 1. The Labute approximate surface area is 167 Å². The van der Waals surface area contributed by atoms with Crippen molar-refractivity contribution in [3.05, 3.63) is 16.1 Å². The van der Waals surface area contributed by atoms with Crippen molar-refractivity contribution in [2.24, 2.45) is 5.73 Å². The van der Waals surface area contributed by atoms with Gasteiger partial charge in [0.15, 0.2) is 0 Å². The summed E-state index contributed by atoms with van der Waals surface area (Å²) >= 11 is 1.69. The van der Waals surface area contributed by atoms with Gasteiger partial charge in [-0.05, 0) is 32.1 Å². The molecule has 3 N–H and O–H groups in total. The maximum Gasteiger partial charge on any atom is 0.100 e. The molecule has 1 aliphatic heterocycles. The van der Waals surface area contributed by atoms with E-state index in [4.69, 9.17) is 5.73 Å². The third-order valence-corrected chi connectivity index (χ3v) is 6.52. The van der Waals surface area contributed by atoms with Crippen molar-refractivity contribution in [1.82, 2.24) is 9.88 Å². The molecule has 1 aromatic heterocycles. The van der Waals surface area contributed by atoms with E-state index in [9.17, 15) is 5.11 Å². The number of aromatic nitrogens is 1. The van der Waals surface area contributed by atoms with E-state index in [0.29, 0.717) is 18.0 Å². The average Bonchev–Trinajstić information content (AvgIpc) is 3.08. The molecule has 1 aromatic rings. The molecule has 8 heteroatoms. The molecule has 0 aromatic carbocycles.